The summed E-state index contributed by atoms with van der Waals surface area (Å²) in [5, 5.41) is 8.61. The van der Waals surface area contributed by atoms with Crippen LogP contribution >= 0.6 is 0 Å². The fraction of sp³-hybridized carbons (Fsp3) is 0. The number of para-hydroxylation sites is 1. The summed E-state index contributed by atoms with van der Waals surface area (Å²) in [6.07, 6.45) is 2.26. The second-order valence-corrected chi connectivity index (χ2v) is 6.85. The Hall–Kier alpha value is -4.72. The van der Waals surface area contributed by atoms with Gasteiger partial charge in [-0.05, 0) is 60.7 Å². The highest BCUT2D eigenvalue weighted by atomic mass is 19.1. The van der Waals surface area contributed by atoms with Crippen LogP contribution in [0.15, 0.2) is 97.7 Å². The van der Waals surface area contributed by atoms with Crippen molar-refractivity contribution in [2.24, 2.45) is 0 Å². The van der Waals surface area contributed by atoms with Gasteiger partial charge in [-0.1, -0.05) is 30.8 Å². The standard InChI is InChI=1S/C25H20FN5O2/c1-2-23(32)28-18-7-6-8-19(15-18)30-25-27-16-22(26)24(31-25)29-17-11-13-21(14-12-17)33-20-9-4-3-5-10-20/h2-16H,1H2,(H,28,32)(H2,27,29,30,31). The zero-order valence-corrected chi connectivity index (χ0v) is 17.5. The first kappa shape index (κ1) is 21.5. The normalized spacial score (nSPS) is 10.2. The highest BCUT2D eigenvalue weighted by Crippen LogP contribution is 2.25. The van der Waals surface area contributed by atoms with Gasteiger partial charge >= 0.3 is 0 Å². The number of rotatable bonds is 8. The Labute approximate surface area is 190 Å². The van der Waals surface area contributed by atoms with E-state index >= 15 is 0 Å². The molecule has 0 aliphatic carbocycles. The molecule has 4 rings (SSSR count). The molecule has 3 aromatic carbocycles. The van der Waals surface area contributed by atoms with E-state index in [0.29, 0.717) is 22.8 Å². The fourth-order valence-corrected chi connectivity index (χ4v) is 2.88. The molecule has 8 heteroatoms. The number of halogens is 1. The number of carbonyl (C=O) groups excluding carboxylic acids is 1. The van der Waals surface area contributed by atoms with Gasteiger partial charge in [0.05, 0.1) is 6.20 Å². The average molecular weight is 441 g/mol. The van der Waals surface area contributed by atoms with Crippen molar-refractivity contribution in [1.29, 1.82) is 0 Å². The van der Waals surface area contributed by atoms with Gasteiger partial charge in [0.15, 0.2) is 11.6 Å². The largest absolute Gasteiger partial charge is 0.457 e. The minimum absolute atomic E-state index is 0.0142. The molecule has 0 fully saturated rings. The monoisotopic (exact) mass is 441 g/mol. The molecule has 4 aromatic rings. The Bertz CT molecular complexity index is 1260. The number of hydrogen-bond donors (Lipinski definition) is 3. The summed E-state index contributed by atoms with van der Waals surface area (Å²) in [5.41, 5.74) is 1.83. The SMILES string of the molecule is C=CC(=O)Nc1cccc(Nc2ncc(F)c(Nc3ccc(Oc4ccccc4)cc3)n2)c1. The van der Waals surface area contributed by atoms with E-state index in [-0.39, 0.29) is 17.7 Å². The van der Waals surface area contributed by atoms with Crippen LogP contribution in [0.2, 0.25) is 0 Å². The van der Waals surface area contributed by atoms with Crippen molar-refractivity contribution in [3.8, 4) is 11.5 Å². The molecular formula is C25H20FN5O2. The zero-order valence-electron chi connectivity index (χ0n) is 17.5. The lowest BCUT2D eigenvalue weighted by Gasteiger charge is -2.11. The molecule has 7 nitrogen and oxygen atoms in total. The molecule has 0 radical (unpaired) electrons. The van der Waals surface area contributed by atoms with E-state index in [1.165, 1.54) is 6.08 Å². The minimum Gasteiger partial charge on any atom is -0.457 e. The van der Waals surface area contributed by atoms with Crippen molar-refractivity contribution in [2.45, 2.75) is 0 Å². The topological polar surface area (TPSA) is 88.2 Å². The summed E-state index contributed by atoms with van der Waals surface area (Å²) in [6.45, 7) is 3.43. The Morgan fingerprint density at radius 3 is 2.36 bits per heavy atom. The lowest BCUT2D eigenvalue weighted by atomic mass is 10.2. The minimum atomic E-state index is -0.600. The van der Waals surface area contributed by atoms with E-state index < -0.39 is 5.82 Å². The van der Waals surface area contributed by atoms with E-state index in [2.05, 4.69) is 32.5 Å². The van der Waals surface area contributed by atoms with Crippen LogP contribution < -0.4 is 20.7 Å². The van der Waals surface area contributed by atoms with Crippen LogP contribution in [0, 0.1) is 5.82 Å². The first-order valence-electron chi connectivity index (χ1n) is 10.0. The third-order valence-corrected chi connectivity index (χ3v) is 4.41. The van der Waals surface area contributed by atoms with Crippen LogP contribution in [0.25, 0.3) is 0 Å². The van der Waals surface area contributed by atoms with E-state index in [9.17, 15) is 9.18 Å². The molecule has 33 heavy (non-hydrogen) atoms. The highest BCUT2D eigenvalue weighted by molar-refractivity contribution is 5.99. The highest BCUT2D eigenvalue weighted by Gasteiger charge is 2.09. The molecule has 0 bridgehead atoms. The van der Waals surface area contributed by atoms with E-state index in [1.807, 2.05) is 30.3 Å². The first-order chi connectivity index (χ1) is 16.1. The lowest BCUT2D eigenvalue weighted by molar-refractivity contribution is -0.111. The number of carbonyl (C=O) groups is 1. The van der Waals surface area contributed by atoms with Gasteiger partial charge in [-0.15, -0.1) is 0 Å². The molecule has 0 unspecified atom stereocenters. The van der Waals surface area contributed by atoms with Gasteiger partial charge in [-0.2, -0.15) is 4.98 Å². The van der Waals surface area contributed by atoms with Gasteiger partial charge in [0, 0.05) is 17.1 Å². The lowest BCUT2D eigenvalue weighted by Crippen LogP contribution is -2.07. The quantitative estimate of drug-likeness (QED) is 0.290. The molecule has 1 aromatic heterocycles. The molecule has 1 amide bonds. The van der Waals surface area contributed by atoms with E-state index in [4.69, 9.17) is 4.74 Å². The van der Waals surface area contributed by atoms with Crippen LogP contribution in [0.5, 0.6) is 11.5 Å². The molecular weight excluding hydrogens is 421 g/mol. The summed E-state index contributed by atoms with van der Waals surface area (Å²) in [4.78, 5) is 19.7. The third kappa shape index (κ3) is 5.92. The van der Waals surface area contributed by atoms with Gasteiger partial charge in [0.1, 0.15) is 11.5 Å². The van der Waals surface area contributed by atoms with Crippen molar-refractivity contribution >= 4 is 34.7 Å². The first-order valence-corrected chi connectivity index (χ1v) is 10.0. The van der Waals surface area contributed by atoms with Gasteiger partial charge in [0.25, 0.3) is 0 Å². The molecule has 0 aliphatic heterocycles. The summed E-state index contributed by atoms with van der Waals surface area (Å²) in [5.74, 6) is 0.661. The maximum Gasteiger partial charge on any atom is 0.247 e. The van der Waals surface area contributed by atoms with Crippen molar-refractivity contribution in [3.63, 3.8) is 0 Å². The molecule has 1 heterocycles. The van der Waals surface area contributed by atoms with Gasteiger partial charge in [-0.3, -0.25) is 4.79 Å². The number of benzene rings is 3. The second-order valence-electron chi connectivity index (χ2n) is 6.85. The molecule has 3 N–H and O–H groups in total. The predicted molar refractivity (Wildman–Crippen MR) is 127 cm³/mol. The zero-order chi connectivity index (χ0) is 23.0. The Morgan fingerprint density at radius 1 is 0.879 bits per heavy atom. The van der Waals surface area contributed by atoms with E-state index in [0.717, 1.165) is 11.9 Å². The van der Waals surface area contributed by atoms with Crippen LogP contribution in [-0.2, 0) is 4.79 Å². The summed E-state index contributed by atoms with van der Waals surface area (Å²) >= 11 is 0. The molecule has 0 atom stereocenters. The maximum absolute atomic E-state index is 14.3. The number of ether oxygens (including phenoxy) is 1. The number of amides is 1. The van der Waals surface area contributed by atoms with Gasteiger partial charge in [0.2, 0.25) is 11.9 Å². The number of anilines is 5. The molecule has 0 saturated heterocycles. The van der Waals surface area contributed by atoms with Gasteiger partial charge in [-0.25, -0.2) is 9.37 Å². The van der Waals surface area contributed by atoms with Crippen LogP contribution in [0.1, 0.15) is 0 Å². The Morgan fingerprint density at radius 2 is 1.61 bits per heavy atom. The second kappa shape index (κ2) is 10.1. The van der Waals surface area contributed by atoms with E-state index in [1.54, 1.807) is 48.5 Å². The smallest absolute Gasteiger partial charge is 0.247 e. The average Bonchev–Trinajstić information content (AvgIpc) is 2.83. The fourth-order valence-electron chi connectivity index (χ4n) is 2.88. The molecule has 0 saturated carbocycles. The number of aromatic nitrogens is 2. The summed E-state index contributed by atoms with van der Waals surface area (Å²) in [7, 11) is 0. The number of hydrogen-bond acceptors (Lipinski definition) is 6. The molecule has 0 spiro atoms. The van der Waals surface area contributed by atoms with Crippen molar-refractivity contribution < 1.29 is 13.9 Å². The Kier molecular flexibility index (Phi) is 6.56. The van der Waals surface area contributed by atoms with Crippen molar-refractivity contribution in [3.05, 3.63) is 104 Å². The summed E-state index contributed by atoms with van der Waals surface area (Å²) in [6, 6.07) is 23.5. The maximum atomic E-state index is 14.3. The third-order valence-electron chi connectivity index (χ3n) is 4.41. The number of nitrogens with zero attached hydrogens (tertiary/aromatic N) is 2. The van der Waals surface area contributed by atoms with Crippen LogP contribution in [-0.4, -0.2) is 15.9 Å². The van der Waals surface area contributed by atoms with Gasteiger partial charge < -0.3 is 20.7 Å². The number of nitrogens with one attached hydrogen (secondary N) is 3. The summed E-state index contributed by atoms with van der Waals surface area (Å²) < 4.78 is 20.1. The van der Waals surface area contributed by atoms with Crippen LogP contribution in [0.3, 0.4) is 0 Å². The van der Waals surface area contributed by atoms with Crippen molar-refractivity contribution in [2.75, 3.05) is 16.0 Å². The predicted octanol–water partition coefficient (Wildman–Crippen LogP) is 6.02. The Balaban J connectivity index is 1.45. The van der Waals surface area contributed by atoms with Crippen molar-refractivity contribution in [1.82, 2.24) is 9.97 Å². The van der Waals surface area contributed by atoms with Crippen LogP contribution in [0.4, 0.5) is 33.2 Å². The molecule has 164 valence electrons. The molecule has 0 aliphatic rings.